The van der Waals surface area contributed by atoms with E-state index in [-0.39, 0.29) is 6.10 Å². The molecule has 0 fully saturated rings. The second-order valence-electron chi connectivity index (χ2n) is 7.61. The van der Waals surface area contributed by atoms with E-state index in [1.54, 1.807) is 14.2 Å². The smallest absolute Gasteiger partial charge is 0.161 e. The van der Waals surface area contributed by atoms with E-state index in [1.165, 1.54) is 16.7 Å². The van der Waals surface area contributed by atoms with Crippen LogP contribution in [-0.2, 0) is 12.8 Å². The lowest BCUT2D eigenvalue weighted by molar-refractivity contribution is 0.141. The zero-order valence-electron chi connectivity index (χ0n) is 17.7. The van der Waals surface area contributed by atoms with Crippen LogP contribution < -0.4 is 14.2 Å². The second kappa shape index (κ2) is 9.68. The Kier molecular flexibility index (Phi) is 6.55. The summed E-state index contributed by atoms with van der Waals surface area (Å²) in [6.45, 7) is 2.83. The zero-order valence-corrected chi connectivity index (χ0v) is 17.7. The molecular formula is C26H29NO3. The summed E-state index contributed by atoms with van der Waals surface area (Å²) >= 11 is 0. The summed E-state index contributed by atoms with van der Waals surface area (Å²) in [5.74, 6) is 2.40. The second-order valence-corrected chi connectivity index (χ2v) is 7.61. The summed E-state index contributed by atoms with van der Waals surface area (Å²) in [5, 5.41) is 0. The highest BCUT2D eigenvalue weighted by Crippen LogP contribution is 2.37. The zero-order chi connectivity index (χ0) is 20.8. The fraction of sp³-hybridized carbons (Fsp3) is 0.308. The molecule has 156 valence electrons. The van der Waals surface area contributed by atoms with Crippen LogP contribution in [0.1, 0.15) is 22.8 Å². The van der Waals surface area contributed by atoms with E-state index in [4.69, 9.17) is 14.2 Å². The molecule has 0 saturated carbocycles. The van der Waals surface area contributed by atoms with Gasteiger partial charge in [-0.3, -0.25) is 4.90 Å². The van der Waals surface area contributed by atoms with E-state index in [2.05, 4.69) is 47.4 Å². The molecule has 0 aliphatic carbocycles. The monoisotopic (exact) mass is 403 g/mol. The van der Waals surface area contributed by atoms with Crippen molar-refractivity contribution in [3.05, 3.63) is 89.5 Å². The van der Waals surface area contributed by atoms with E-state index in [0.717, 1.165) is 49.7 Å². The Bertz CT molecular complexity index is 943. The maximum absolute atomic E-state index is 6.48. The van der Waals surface area contributed by atoms with Gasteiger partial charge in [-0.25, -0.2) is 0 Å². The van der Waals surface area contributed by atoms with Crippen molar-refractivity contribution in [2.45, 2.75) is 18.9 Å². The molecule has 4 rings (SSSR count). The first-order valence-corrected chi connectivity index (χ1v) is 10.5. The topological polar surface area (TPSA) is 30.9 Å². The lowest BCUT2D eigenvalue weighted by Gasteiger charge is -2.26. The Hall–Kier alpha value is -2.98. The molecule has 3 aromatic rings. The molecule has 0 bridgehead atoms. The highest BCUT2D eigenvalue weighted by molar-refractivity contribution is 5.49. The fourth-order valence-electron chi connectivity index (χ4n) is 4.05. The van der Waals surface area contributed by atoms with Gasteiger partial charge in [0.15, 0.2) is 11.5 Å². The van der Waals surface area contributed by atoms with E-state index in [1.807, 2.05) is 30.3 Å². The molecule has 1 atom stereocenters. The van der Waals surface area contributed by atoms with Crippen LogP contribution in [0.15, 0.2) is 72.8 Å². The lowest BCUT2D eigenvalue weighted by atomic mass is 10.00. The maximum atomic E-state index is 6.48. The summed E-state index contributed by atoms with van der Waals surface area (Å²) < 4.78 is 17.6. The Morgan fingerprint density at radius 1 is 0.867 bits per heavy atom. The molecule has 0 radical (unpaired) electrons. The predicted octanol–water partition coefficient (Wildman–Crippen LogP) is 4.92. The summed E-state index contributed by atoms with van der Waals surface area (Å²) in [7, 11) is 3.37. The first-order chi connectivity index (χ1) is 14.8. The molecule has 0 aromatic heterocycles. The Labute approximate surface area is 179 Å². The molecule has 1 aliphatic rings. The first-order valence-electron chi connectivity index (χ1n) is 10.5. The molecule has 1 aliphatic heterocycles. The van der Waals surface area contributed by atoms with Crippen molar-refractivity contribution in [2.24, 2.45) is 0 Å². The number of hydrogen-bond donors (Lipinski definition) is 0. The van der Waals surface area contributed by atoms with Crippen molar-refractivity contribution in [1.29, 1.82) is 0 Å². The van der Waals surface area contributed by atoms with E-state index in [9.17, 15) is 0 Å². The molecule has 0 N–H and O–H groups in total. The van der Waals surface area contributed by atoms with Gasteiger partial charge >= 0.3 is 0 Å². The van der Waals surface area contributed by atoms with Crippen LogP contribution >= 0.6 is 0 Å². The van der Waals surface area contributed by atoms with Gasteiger partial charge in [0, 0.05) is 25.2 Å². The van der Waals surface area contributed by atoms with Crippen molar-refractivity contribution < 1.29 is 14.2 Å². The minimum atomic E-state index is -0.0690. The van der Waals surface area contributed by atoms with Crippen molar-refractivity contribution in [3.63, 3.8) is 0 Å². The highest BCUT2D eigenvalue weighted by Gasteiger charge is 2.26. The van der Waals surface area contributed by atoms with Gasteiger partial charge in [-0.15, -0.1) is 0 Å². The normalized spacial score (nSPS) is 16.4. The fourth-order valence-corrected chi connectivity index (χ4v) is 4.05. The van der Waals surface area contributed by atoms with E-state index >= 15 is 0 Å². The number of methoxy groups -OCH3 is 2. The van der Waals surface area contributed by atoms with Crippen molar-refractivity contribution >= 4 is 0 Å². The molecule has 0 saturated heterocycles. The minimum absolute atomic E-state index is 0.0690. The summed E-state index contributed by atoms with van der Waals surface area (Å²) in [4.78, 5) is 2.50. The van der Waals surface area contributed by atoms with Crippen molar-refractivity contribution in [3.8, 4) is 17.2 Å². The van der Waals surface area contributed by atoms with Crippen LogP contribution in [0.25, 0.3) is 0 Å². The van der Waals surface area contributed by atoms with Gasteiger partial charge in [0.05, 0.1) is 14.2 Å². The van der Waals surface area contributed by atoms with Crippen molar-refractivity contribution in [2.75, 3.05) is 33.9 Å². The number of rotatable bonds is 7. The first kappa shape index (κ1) is 20.3. The minimum Gasteiger partial charge on any atom is -0.493 e. The van der Waals surface area contributed by atoms with Gasteiger partial charge in [-0.05, 0) is 48.2 Å². The third kappa shape index (κ3) is 4.77. The van der Waals surface area contributed by atoms with Gasteiger partial charge < -0.3 is 14.2 Å². The maximum Gasteiger partial charge on any atom is 0.161 e. The number of para-hydroxylation sites is 1. The number of benzene rings is 3. The average molecular weight is 404 g/mol. The highest BCUT2D eigenvalue weighted by atomic mass is 16.5. The van der Waals surface area contributed by atoms with Gasteiger partial charge in [0.25, 0.3) is 0 Å². The van der Waals surface area contributed by atoms with Gasteiger partial charge in [0.1, 0.15) is 11.9 Å². The molecule has 4 nitrogen and oxygen atoms in total. The van der Waals surface area contributed by atoms with Crippen LogP contribution in [0.2, 0.25) is 0 Å². The van der Waals surface area contributed by atoms with Gasteiger partial charge in [0.2, 0.25) is 0 Å². The van der Waals surface area contributed by atoms with Crippen LogP contribution in [0, 0.1) is 0 Å². The van der Waals surface area contributed by atoms with E-state index in [0.29, 0.717) is 0 Å². The summed E-state index contributed by atoms with van der Waals surface area (Å²) in [6.07, 6.45) is 1.92. The Morgan fingerprint density at radius 2 is 1.53 bits per heavy atom. The van der Waals surface area contributed by atoms with Crippen LogP contribution in [0.5, 0.6) is 17.2 Å². The van der Waals surface area contributed by atoms with Gasteiger partial charge in [-0.2, -0.15) is 0 Å². The largest absolute Gasteiger partial charge is 0.493 e. The van der Waals surface area contributed by atoms with Crippen LogP contribution in [0.3, 0.4) is 0 Å². The predicted molar refractivity (Wildman–Crippen MR) is 120 cm³/mol. The third-order valence-electron chi connectivity index (χ3n) is 5.69. The number of fused-ring (bicyclic) bond motifs is 1. The summed E-state index contributed by atoms with van der Waals surface area (Å²) in [6, 6.07) is 24.9. The van der Waals surface area contributed by atoms with Crippen molar-refractivity contribution in [1.82, 2.24) is 4.90 Å². The SMILES string of the molecule is COc1cc2c(cc1OC)C(Oc1ccccc1)CN(CCc1ccccc1)CC2. The number of nitrogens with zero attached hydrogens (tertiary/aromatic N) is 1. The Morgan fingerprint density at radius 3 is 2.23 bits per heavy atom. The number of ether oxygens (including phenoxy) is 3. The quantitative estimate of drug-likeness (QED) is 0.560. The molecule has 3 aromatic carbocycles. The molecule has 1 heterocycles. The molecule has 0 amide bonds. The van der Waals surface area contributed by atoms with E-state index < -0.39 is 0 Å². The van der Waals surface area contributed by atoms with Crippen LogP contribution in [0.4, 0.5) is 0 Å². The lowest BCUT2D eigenvalue weighted by Crippen LogP contribution is -2.32. The summed E-state index contributed by atoms with van der Waals surface area (Å²) in [5.41, 5.74) is 3.80. The molecule has 1 unspecified atom stereocenters. The van der Waals surface area contributed by atoms with Gasteiger partial charge in [-0.1, -0.05) is 48.5 Å². The standard InChI is InChI=1S/C26H29NO3/c1-28-24-17-21-14-16-27(15-13-20-9-5-3-6-10-20)19-26(23(21)18-25(24)29-2)30-22-11-7-4-8-12-22/h3-12,17-18,26H,13-16,19H2,1-2H3. The third-order valence-corrected chi connectivity index (χ3v) is 5.69. The molecule has 0 spiro atoms. The average Bonchev–Trinajstić information content (AvgIpc) is 2.97. The molecular weight excluding hydrogens is 374 g/mol. The molecule has 4 heteroatoms. The Balaban J connectivity index is 1.60. The number of hydrogen-bond acceptors (Lipinski definition) is 4. The van der Waals surface area contributed by atoms with Crippen LogP contribution in [-0.4, -0.2) is 38.8 Å². The molecule has 30 heavy (non-hydrogen) atoms.